The number of rotatable bonds is 4. The van der Waals surface area contributed by atoms with Crippen LogP contribution in [0.3, 0.4) is 0 Å². The highest BCUT2D eigenvalue weighted by atomic mass is 35.5. The second kappa shape index (κ2) is 7.96. The number of carbonyl (C=O) groups is 2. The molecule has 3 aromatic rings. The van der Waals surface area contributed by atoms with Crippen LogP contribution in [0.4, 0.5) is 4.39 Å². The summed E-state index contributed by atoms with van der Waals surface area (Å²) in [7, 11) is 0. The van der Waals surface area contributed by atoms with Crippen LogP contribution >= 0.6 is 11.6 Å². The lowest BCUT2D eigenvalue weighted by Gasteiger charge is -2.09. The van der Waals surface area contributed by atoms with Gasteiger partial charge in [0.2, 0.25) is 5.91 Å². The van der Waals surface area contributed by atoms with Crippen LogP contribution in [-0.2, 0) is 22.6 Å². The number of fused-ring (bicyclic) bond motifs is 1. The fourth-order valence-electron chi connectivity index (χ4n) is 2.41. The largest absolute Gasteiger partial charge is 0.289 e. The first-order valence-corrected chi connectivity index (χ1v) is 8.27. The summed E-state index contributed by atoms with van der Waals surface area (Å²) >= 11 is 5.77. The van der Waals surface area contributed by atoms with Gasteiger partial charge in [-0.2, -0.15) is 0 Å². The fourth-order valence-corrected chi connectivity index (χ4v) is 2.54. The van der Waals surface area contributed by atoms with Gasteiger partial charge in [0.05, 0.1) is 23.7 Å². The second-order valence-corrected chi connectivity index (χ2v) is 6.18. The zero-order valence-electron chi connectivity index (χ0n) is 13.9. The highest BCUT2D eigenvalue weighted by molar-refractivity contribution is 6.30. The molecule has 1 heterocycles. The number of aromatic nitrogens is 2. The predicted octanol–water partition coefficient (Wildman–Crippen LogP) is 1.58. The van der Waals surface area contributed by atoms with E-state index in [-0.39, 0.29) is 18.4 Å². The van der Waals surface area contributed by atoms with Gasteiger partial charge in [-0.05, 0) is 35.9 Å². The molecule has 0 saturated carbocycles. The van der Waals surface area contributed by atoms with Crippen molar-refractivity contribution in [3.63, 3.8) is 0 Å². The molecule has 0 bridgehead atoms. The molecule has 3 rings (SSSR count). The standard InChI is InChI=1S/C18H14ClFN4O3/c19-12-3-1-11(2-4-12)7-16(25)22-23-17(26)9-24-10-21-15-6-5-13(20)8-14(15)18(24)27/h1-6,8,10H,7,9H2,(H,22,25)(H,23,26). The minimum Gasteiger partial charge on any atom is -0.289 e. The molecule has 7 nitrogen and oxygen atoms in total. The third kappa shape index (κ3) is 4.68. The summed E-state index contributed by atoms with van der Waals surface area (Å²) in [5, 5.41) is 0.624. The number of benzene rings is 2. The fraction of sp³-hybridized carbons (Fsp3) is 0.111. The molecule has 138 valence electrons. The summed E-state index contributed by atoms with van der Waals surface area (Å²) in [5.74, 6) is -1.63. The van der Waals surface area contributed by atoms with Gasteiger partial charge in [-0.1, -0.05) is 23.7 Å². The molecule has 0 saturated heterocycles. The van der Waals surface area contributed by atoms with E-state index >= 15 is 0 Å². The van der Waals surface area contributed by atoms with E-state index < -0.39 is 23.2 Å². The molecular formula is C18H14ClFN4O3. The molecule has 0 spiro atoms. The van der Waals surface area contributed by atoms with Crippen molar-refractivity contribution in [2.75, 3.05) is 0 Å². The molecule has 27 heavy (non-hydrogen) atoms. The van der Waals surface area contributed by atoms with Crippen molar-refractivity contribution in [3.8, 4) is 0 Å². The van der Waals surface area contributed by atoms with E-state index in [4.69, 9.17) is 11.6 Å². The summed E-state index contributed by atoms with van der Waals surface area (Å²) in [4.78, 5) is 40.1. The Kier molecular flexibility index (Phi) is 5.46. The molecule has 0 aliphatic heterocycles. The van der Waals surface area contributed by atoms with E-state index in [2.05, 4.69) is 15.8 Å². The van der Waals surface area contributed by atoms with Gasteiger partial charge in [0, 0.05) is 5.02 Å². The maximum absolute atomic E-state index is 13.3. The van der Waals surface area contributed by atoms with Crippen molar-refractivity contribution >= 4 is 34.3 Å². The van der Waals surface area contributed by atoms with Crippen molar-refractivity contribution in [1.82, 2.24) is 20.4 Å². The molecule has 9 heteroatoms. The van der Waals surface area contributed by atoms with E-state index in [1.807, 2.05) is 0 Å². The Bertz CT molecular complexity index is 1070. The van der Waals surface area contributed by atoms with Gasteiger partial charge < -0.3 is 0 Å². The molecule has 0 aliphatic rings. The summed E-state index contributed by atoms with van der Waals surface area (Å²) in [6, 6.07) is 10.4. The first-order valence-electron chi connectivity index (χ1n) is 7.89. The van der Waals surface area contributed by atoms with Gasteiger partial charge in [-0.15, -0.1) is 0 Å². The zero-order chi connectivity index (χ0) is 19.4. The summed E-state index contributed by atoms with van der Waals surface area (Å²) in [5.41, 5.74) is 4.99. The quantitative estimate of drug-likeness (QED) is 0.664. The number of nitrogens with one attached hydrogen (secondary N) is 2. The molecule has 0 aliphatic carbocycles. The molecule has 0 fully saturated rings. The number of hydrogen-bond acceptors (Lipinski definition) is 4. The first-order chi connectivity index (χ1) is 12.9. The van der Waals surface area contributed by atoms with Crippen LogP contribution in [0.25, 0.3) is 10.9 Å². The van der Waals surface area contributed by atoms with E-state index in [1.165, 1.54) is 18.5 Å². The third-order valence-corrected chi connectivity index (χ3v) is 3.97. The van der Waals surface area contributed by atoms with Crippen LogP contribution in [0.2, 0.25) is 5.02 Å². The third-order valence-electron chi connectivity index (χ3n) is 3.72. The summed E-state index contributed by atoms with van der Waals surface area (Å²) in [6.45, 7) is -0.375. The van der Waals surface area contributed by atoms with E-state index in [9.17, 15) is 18.8 Å². The lowest BCUT2D eigenvalue weighted by molar-refractivity contribution is -0.128. The smallest absolute Gasteiger partial charge is 0.261 e. The van der Waals surface area contributed by atoms with Gasteiger partial charge in [0.15, 0.2) is 0 Å². The van der Waals surface area contributed by atoms with Gasteiger partial charge in [-0.3, -0.25) is 29.8 Å². The van der Waals surface area contributed by atoms with Crippen molar-refractivity contribution in [1.29, 1.82) is 0 Å². The van der Waals surface area contributed by atoms with E-state index in [0.717, 1.165) is 16.2 Å². The van der Waals surface area contributed by atoms with Crippen molar-refractivity contribution in [2.24, 2.45) is 0 Å². The highest BCUT2D eigenvalue weighted by Gasteiger charge is 2.10. The number of nitrogens with zero attached hydrogens (tertiary/aromatic N) is 2. The molecule has 0 radical (unpaired) electrons. The number of halogens is 2. The summed E-state index contributed by atoms with van der Waals surface area (Å²) < 4.78 is 14.3. The molecule has 2 amide bonds. The van der Waals surface area contributed by atoms with Crippen LogP contribution in [0, 0.1) is 5.82 Å². The SMILES string of the molecule is O=C(Cc1ccc(Cl)cc1)NNC(=O)Cn1cnc2ccc(F)cc2c1=O. The minimum absolute atomic E-state index is 0.0498. The molecule has 2 aromatic carbocycles. The van der Waals surface area contributed by atoms with Crippen LogP contribution in [0.5, 0.6) is 0 Å². The molecular weight excluding hydrogens is 375 g/mol. The van der Waals surface area contributed by atoms with Crippen molar-refractivity contribution in [2.45, 2.75) is 13.0 Å². The van der Waals surface area contributed by atoms with E-state index in [1.54, 1.807) is 24.3 Å². The molecule has 0 atom stereocenters. The number of carbonyl (C=O) groups excluding carboxylic acids is 2. The number of hydrogen-bond donors (Lipinski definition) is 2. The lowest BCUT2D eigenvalue weighted by atomic mass is 10.1. The maximum atomic E-state index is 13.3. The Morgan fingerprint density at radius 2 is 1.78 bits per heavy atom. The average Bonchev–Trinajstić information content (AvgIpc) is 2.65. The van der Waals surface area contributed by atoms with Crippen LogP contribution in [0.1, 0.15) is 5.56 Å². The van der Waals surface area contributed by atoms with Gasteiger partial charge in [0.1, 0.15) is 12.4 Å². The topological polar surface area (TPSA) is 93.1 Å². The maximum Gasteiger partial charge on any atom is 0.261 e. The second-order valence-electron chi connectivity index (χ2n) is 5.74. The lowest BCUT2D eigenvalue weighted by Crippen LogP contribution is -2.44. The average molecular weight is 389 g/mol. The summed E-state index contributed by atoms with van der Waals surface area (Å²) in [6.07, 6.45) is 1.24. The zero-order valence-corrected chi connectivity index (χ0v) is 14.7. The normalized spacial score (nSPS) is 10.6. The van der Waals surface area contributed by atoms with Gasteiger partial charge >= 0.3 is 0 Å². The Hall–Kier alpha value is -3.26. The predicted molar refractivity (Wildman–Crippen MR) is 97.4 cm³/mol. The van der Waals surface area contributed by atoms with Crippen molar-refractivity contribution in [3.05, 3.63) is 75.5 Å². The van der Waals surface area contributed by atoms with Gasteiger partial charge in [0.25, 0.3) is 11.5 Å². The minimum atomic E-state index is -0.626. The Morgan fingerprint density at radius 3 is 2.52 bits per heavy atom. The molecule has 2 N–H and O–H groups in total. The Balaban J connectivity index is 1.60. The highest BCUT2D eigenvalue weighted by Crippen LogP contribution is 2.10. The Labute approximate surface area is 157 Å². The van der Waals surface area contributed by atoms with Gasteiger partial charge in [-0.25, -0.2) is 9.37 Å². The van der Waals surface area contributed by atoms with Crippen LogP contribution < -0.4 is 16.4 Å². The Morgan fingerprint density at radius 1 is 1.07 bits per heavy atom. The monoisotopic (exact) mass is 388 g/mol. The molecule has 1 aromatic heterocycles. The van der Waals surface area contributed by atoms with E-state index in [0.29, 0.717) is 10.5 Å². The number of amides is 2. The van der Waals surface area contributed by atoms with Crippen molar-refractivity contribution < 1.29 is 14.0 Å². The number of hydrazine groups is 1. The first kappa shape index (κ1) is 18.5. The van der Waals surface area contributed by atoms with Crippen LogP contribution in [0.15, 0.2) is 53.6 Å². The van der Waals surface area contributed by atoms with Crippen LogP contribution in [-0.4, -0.2) is 21.4 Å². The molecule has 0 unspecified atom stereocenters.